The van der Waals surface area contributed by atoms with Gasteiger partial charge < -0.3 is 10.1 Å². The summed E-state index contributed by atoms with van der Waals surface area (Å²) in [5.74, 6) is 0.820. The minimum absolute atomic E-state index is 0.132. The van der Waals surface area contributed by atoms with Crippen molar-refractivity contribution < 1.29 is 4.74 Å². The zero-order chi connectivity index (χ0) is 11.3. The van der Waals surface area contributed by atoms with Gasteiger partial charge in [-0.05, 0) is 27.2 Å². The Bertz CT molecular complexity index is 310. The van der Waals surface area contributed by atoms with Gasteiger partial charge in [-0.25, -0.2) is 0 Å². The van der Waals surface area contributed by atoms with Crippen molar-refractivity contribution in [3.05, 3.63) is 18.5 Å². The van der Waals surface area contributed by atoms with E-state index in [0.29, 0.717) is 0 Å². The first kappa shape index (κ1) is 11.8. The molecule has 0 aliphatic heterocycles. The third-order valence-electron chi connectivity index (χ3n) is 2.34. The van der Waals surface area contributed by atoms with Crippen molar-refractivity contribution in [1.29, 1.82) is 0 Å². The summed E-state index contributed by atoms with van der Waals surface area (Å²) in [5, 5.41) is 3.21. The van der Waals surface area contributed by atoms with E-state index in [4.69, 9.17) is 4.74 Å². The highest BCUT2D eigenvalue weighted by atomic mass is 16.5. The van der Waals surface area contributed by atoms with E-state index >= 15 is 0 Å². The SMILES string of the molecule is CCNc1cncc(OC(C)(C)CC)c1. The fraction of sp³-hybridized carbons (Fsp3) is 0.583. The summed E-state index contributed by atoms with van der Waals surface area (Å²) in [4.78, 5) is 4.13. The Morgan fingerprint density at radius 1 is 1.33 bits per heavy atom. The molecule has 0 aliphatic carbocycles. The van der Waals surface area contributed by atoms with Gasteiger partial charge in [0, 0.05) is 12.6 Å². The molecule has 0 saturated carbocycles. The lowest BCUT2D eigenvalue weighted by molar-refractivity contribution is 0.105. The zero-order valence-corrected chi connectivity index (χ0v) is 10.0. The van der Waals surface area contributed by atoms with Gasteiger partial charge >= 0.3 is 0 Å². The number of ether oxygens (including phenoxy) is 1. The molecule has 1 aromatic heterocycles. The Morgan fingerprint density at radius 2 is 2.07 bits per heavy atom. The lowest BCUT2D eigenvalue weighted by Crippen LogP contribution is -2.26. The predicted molar refractivity (Wildman–Crippen MR) is 63.4 cm³/mol. The lowest BCUT2D eigenvalue weighted by atomic mass is 10.1. The van der Waals surface area contributed by atoms with Crippen LogP contribution >= 0.6 is 0 Å². The van der Waals surface area contributed by atoms with Crippen molar-refractivity contribution in [2.24, 2.45) is 0 Å². The van der Waals surface area contributed by atoms with Crippen molar-refractivity contribution in [3.8, 4) is 5.75 Å². The minimum atomic E-state index is -0.132. The Hall–Kier alpha value is -1.25. The van der Waals surface area contributed by atoms with Crippen LogP contribution in [0.4, 0.5) is 5.69 Å². The molecule has 1 rings (SSSR count). The van der Waals surface area contributed by atoms with Crippen LogP contribution in [-0.4, -0.2) is 17.1 Å². The highest BCUT2D eigenvalue weighted by Gasteiger charge is 2.16. The van der Waals surface area contributed by atoms with Gasteiger partial charge in [-0.3, -0.25) is 4.98 Å². The van der Waals surface area contributed by atoms with E-state index in [1.54, 1.807) is 12.4 Å². The summed E-state index contributed by atoms with van der Waals surface area (Å²) in [5.41, 5.74) is 0.869. The Kier molecular flexibility index (Phi) is 3.95. The second-order valence-electron chi connectivity index (χ2n) is 4.15. The molecule has 0 radical (unpaired) electrons. The van der Waals surface area contributed by atoms with E-state index in [2.05, 4.69) is 38.0 Å². The molecule has 0 saturated heterocycles. The molecule has 0 amide bonds. The molecule has 3 nitrogen and oxygen atoms in total. The molecule has 0 spiro atoms. The van der Waals surface area contributed by atoms with E-state index in [-0.39, 0.29) is 5.60 Å². The van der Waals surface area contributed by atoms with Crippen LogP contribution in [0.25, 0.3) is 0 Å². The topological polar surface area (TPSA) is 34.2 Å². The van der Waals surface area contributed by atoms with Crippen LogP contribution in [0, 0.1) is 0 Å². The molecule has 0 aromatic carbocycles. The molecule has 0 atom stereocenters. The van der Waals surface area contributed by atoms with Gasteiger partial charge in [0.05, 0.1) is 18.1 Å². The zero-order valence-electron chi connectivity index (χ0n) is 10.0. The summed E-state index contributed by atoms with van der Waals surface area (Å²) < 4.78 is 5.84. The molecule has 0 unspecified atom stereocenters. The molecule has 0 bridgehead atoms. The minimum Gasteiger partial charge on any atom is -0.486 e. The monoisotopic (exact) mass is 208 g/mol. The second kappa shape index (κ2) is 5.01. The normalized spacial score (nSPS) is 11.2. The molecular weight excluding hydrogens is 188 g/mol. The molecule has 0 fully saturated rings. The van der Waals surface area contributed by atoms with Crippen LogP contribution in [-0.2, 0) is 0 Å². The van der Waals surface area contributed by atoms with Crippen LogP contribution in [0.3, 0.4) is 0 Å². The number of pyridine rings is 1. The van der Waals surface area contributed by atoms with Crippen molar-refractivity contribution in [3.63, 3.8) is 0 Å². The van der Waals surface area contributed by atoms with E-state index in [1.165, 1.54) is 0 Å². The largest absolute Gasteiger partial charge is 0.486 e. The Balaban J connectivity index is 2.73. The fourth-order valence-electron chi connectivity index (χ4n) is 1.17. The summed E-state index contributed by atoms with van der Waals surface area (Å²) in [6.45, 7) is 9.22. The first-order valence-corrected chi connectivity index (χ1v) is 5.45. The van der Waals surface area contributed by atoms with Gasteiger partial charge in [-0.1, -0.05) is 6.92 Å². The van der Waals surface area contributed by atoms with Gasteiger partial charge in [0.25, 0.3) is 0 Å². The Morgan fingerprint density at radius 3 is 2.67 bits per heavy atom. The second-order valence-corrected chi connectivity index (χ2v) is 4.15. The smallest absolute Gasteiger partial charge is 0.140 e. The Labute approximate surface area is 91.9 Å². The maximum Gasteiger partial charge on any atom is 0.140 e. The van der Waals surface area contributed by atoms with E-state index in [0.717, 1.165) is 24.4 Å². The molecule has 15 heavy (non-hydrogen) atoms. The summed E-state index contributed by atoms with van der Waals surface area (Å²) in [6, 6.07) is 1.98. The summed E-state index contributed by atoms with van der Waals surface area (Å²) >= 11 is 0. The van der Waals surface area contributed by atoms with Crippen LogP contribution in [0.15, 0.2) is 18.5 Å². The van der Waals surface area contributed by atoms with Gasteiger partial charge in [0.15, 0.2) is 0 Å². The number of nitrogens with one attached hydrogen (secondary N) is 1. The third kappa shape index (κ3) is 3.78. The predicted octanol–water partition coefficient (Wildman–Crippen LogP) is 3.08. The number of nitrogens with zero attached hydrogens (tertiary/aromatic N) is 1. The summed E-state index contributed by atoms with van der Waals surface area (Å²) in [7, 11) is 0. The molecule has 84 valence electrons. The lowest BCUT2D eigenvalue weighted by Gasteiger charge is -2.24. The van der Waals surface area contributed by atoms with Crippen molar-refractivity contribution in [1.82, 2.24) is 4.98 Å². The van der Waals surface area contributed by atoms with Gasteiger partial charge in [-0.2, -0.15) is 0 Å². The third-order valence-corrected chi connectivity index (χ3v) is 2.34. The molecule has 1 N–H and O–H groups in total. The van der Waals surface area contributed by atoms with E-state index in [9.17, 15) is 0 Å². The van der Waals surface area contributed by atoms with Crippen molar-refractivity contribution in [2.75, 3.05) is 11.9 Å². The maximum atomic E-state index is 5.84. The molecule has 1 heterocycles. The quantitative estimate of drug-likeness (QED) is 0.807. The first-order chi connectivity index (χ1) is 7.07. The van der Waals surface area contributed by atoms with Crippen LogP contribution < -0.4 is 10.1 Å². The molecule has 3 heteroatoms. The van der Waals surface area contributed by atoms with Gasteiger partial charge in [0.1, 0.15) is 11.4 Å². The molecule has 1 aromatic rings. The van der Waals surface area contributed by atoms with Crippen molar-refractivity contribution >= 4 is 5.69 Å². The molecule has 0 aliphatic rings. The maximum absolute atomic E-state index is 5.84. The number of hydrogen-bond donors (Lipinski definition) is 1. The highest BCUT2D eigenvalue weighted by Crippen LogP contribution is 2.22. The van der Waals surface area contributed by atoms with Gasteiger partial charge in [0.2, 0.25) is 0 Å². The average Bonchev–Trinajstić information content (AvgIpc) is 2.18. The van der Waals surface area contributed by atoms with Crippen LogP contribution in [0.5, 0.6) is 5.75 Å². The fourth-order valence-corrected chi connectivity index (χ4v) is 1.17. The molecular formula is C12H20N2O. The highest BCUT2D eigenvalue weighted by molar-refractivity contribution is 5.45. The number of aromatic nitrogens is 1. The number of anilines is 1. The summed E-state index contributed by atoms with van der Waals surface area (Å²) in [6.07, 6.45) is 4.52. The van der Waals surface area contributed by atoms with E-state index in [1.807, 2.05) is 6.07 Å². The average molecular weight is 208 g/mol. The van der Waals surface area contributed by atoms with Crippen LogP contribution in [0.2, 0.25) is 0 Å². The van der Waals surface area contributed by atoms with Gasteiger partial charge in [-0.15, -0.1) is 0 Å². The number of hydrogen-bond acceptors (Lipinski definition) is 3. The standard InChI is InChI=1S/C12H20N2O/c1-5-12(3,4)15-11-7-10(14-6-2)8-13-9-11/h7-9,14H,5-6H2,1-4H3. The van der Waals surface area contributed by atoms with Crippen molar-refractivity contribution in [2.45, 2.75) is 39.7 Å². The first-order valence-electron chi connectivity index (χ1n) is 5.45. The number of rotatable bonds is 5. The van der Waals surface area contributed by atoms with E-state index < -0.39 is 0 Å². The van der Waals surface area contributed by atoms with Crippen LogP contribution in [0.1, 0.15) is 34.1 Å².